The summed E-state index contributed by atoms with van der Waals surface area (Å²) in [6.45, 7) is 1.82. The van der Waals surface area contributed by atoms with Gasteiger partial charge in [0.15, 0.2) is 0 Å². The molecule has 0 spiro atoms. The summed E-state index contributed by atoms with van der Waals surface area (Å²) in [7, 11) is 1.61. The summed E-state index contributed by atoms with van der Waals surface area (Å²) >= 11 is 1.28. The summed E-state index contributed by atoms with van der Waals surface area (Å²) in [6.07, 6.45) is 1.73. The predicted molar refractivity (Wildman–Crippen MR) is 111 cm³/mol. The Morgan fingerprint density at radius 2 is 1.97 bits per heavy atom. The molecule has 0 fully saturated rings. The number of hydrogen-bond donors (Lipinski definition) is 1. The van der Waals surface area contributed by atoms with Gasteiger partial charge in [-0.2, -0.15) is 4.68 Å². The Morgan fingerprint density at radius 3 is 2.76 bits per heavy atom. The Hall–Kier alpha value is -3.46. The van der Waals surface area contributed by atoms with Gasteiger partial charge in [-0.15, -0.1) is 5.10 Å². The number of anilines is 1. The molecule has 0 radical (unpaired) electrons. The van der Waals surface area contributed by atoms with Gasteiger partial charge in [-0.1, -0.05) is 17.8 Å². The van der Waals surface area contributed by atoms with Crippen molar-refractivity contribution in [3.05, 3.63) is 60.8 Å². The van der Waals surface area contributed by atoms with Crippen molar-refractivity contribution in [3.63, 3.8) is 0 Å². The number of benzene rings is 2. The average molecular weight is 406 g/mol. The Labute approximate surface area is 171 Å². The van der Waals surface area contributed by atoms with Gasteiger partial charge in [-0.05, 0) is 65.9 Å². The summed E-state index contributed by atoms with van der Waals surface area (Å²) in [5.41, 5.74) is 2.34. The van der Waals surface area contributed by atoms with E-state index >= 15 is 0 Å². The number of thioether (sulfide) groups is 1. The lowest BCUT2D eigenvalue weighted by Crippen LogP contribution is -2.23. The van der Waals surface area contributed by atoms with Crippen LogP contribution in [-0.2, 0) is 4.79 Å². The molecule has 1 amide bonds. The number of nitrogens with zero attached hydrogens (tertiary/aromatic N) is 5. The van der Waals surface area contributed by atoms with Crippen molar-refractivity contribution >= 4 is 34.3 Å². The minimum Gasteiger partial charge on any atom is -0.497 e. The van der Waals surface area contributed by atoms with Gasteiger partial charge in [0, 0.05) is 11.6 Å². The van der Waals surface area contributed by atoms with E-state index in [2.05, 4.69) is 25.8 Å². The lowest BCUT2D eigenvalue weighted by atomic mass is 10.2. The molecule has 4 aromatic rings. The van der Waals surface area contributed by atoms with E-state index in [9.17, 15) is 4.79 Å². The van der Waals surface area contributed by atoms with E-state index in [1.807, 2.05) is 61.5 Å². The molecule has 2 aromatic carbocycles. The zero-order valence-electron chi connectivity index (χ0n) is 15.8. The van der Waals surface area contributed by atoms with E-state index < -0.39 is 5.25 Å². The zero-order valence-corrected chi connectivity index (χ0v) is 16.6. The molecule has 4 rings (SSSR count). The first kappa shape index (κ1) is 18.9. The average Bonchev–Trinajstić information content (AvgIpc) is 3.22. The van der Waals surface area contributed by atoms with Gasteiger partial charge < -0.3 is 10.1 Å². The van der Waals surface area contributed by atoms with E-state index in [0.717, 1.165) is 28.0 Å². The van der Waals surface area contributed by atoms with Crippen LogP contribution in [0.3, 0.4) is 0 Å². The third-order valence-electron chi connectivity index (χ3n) is 4.31. The molecule has 2 heterocycles. The topological polar surface area (TPSA) is 94.8 Å². The van der Waals surface area contributed by atoms with Crippen molar-refractivity contribution in [2.75, 3.05) is 12.4 Å². The number of methoxy groups -OCH3 is 1. The number of tetrazole rings is 1. The third kappa shape index (κ3) is 4.04. The molecular formula is C20H18N6O2S. The minimum absolute atomic E-state index is 0.143. The molecular weight excluding hydrogens is 388 g/mol. The van der Waals surface area contributed by atoms with E-state index in [4.69, 9.17) is 4.74 Å². The van der Waals surface area contributed by atoms with Gasteiger partial charge in [0.2, 0.25) is 11.1 Å². The Kier molecular flexibility index (Phi) is 5.39. The van der Waals surface area contributed by atoms with Gasteiger partial charge in [0.25, 0.3) is 0 Å². The number of fused-ring (bicyclic) bond motifs is 1. The van der Waals surface area contributed by atoms with Gasteiger partial charge in [0.1, 0.15) is 5.75 Å². The molecule has 1 N–H and O–H groups in total. The molecule has 146 valence electrons. The molecule has 0 saturated heterocycles. The van der Waals surface area contributed by atoms with Crippen molar-refractivity contribution in [1.29, 1.82) is 0 Å². The summed E-state index contributed by atoms with van der Waals surface area (Å²) in [4.78, 5) is 17.1. The SMILES string of the molecule is COc1ccc(-n2nnnc2SC(C)C(=O)Nc2cccc3ncccc23)cc1. The van der Waals surface area contributed by atoms with Crippen LogP contribution in [0.25, 0.3) is 16.6 Å². The fourth-order valence-corrected chi connectivity index (χ4v) is 3.60. The van der Waals surface area contributed by atoms with Crippen LogP contribution in [0.5, 0.6) is 5.75 Å². The number of rotatable bonds is 6. The first-order valence-electron chi connectivity index (χ1n) is 8.90. The number of hydrogen-bond acceptors (Lipinski definition) is 7. The second-order valence-electron chi connectivity index (χ2n) is 6.20. The summed E-state index contributed by atoms with van der Waals surface area (Å²) in [5.74, 6) is 0.601. The largest absolute Gasteiger partial charge is 0.497 e. The molecule has 0 aliphatic heterocycles. The maximum Gasteiger partial charge on any atom is 0.237 e. The fraction of sp³-hybridized carbons (Fsp3) is 0.150. The molecule has 8 nitrogen and oxygen atoms in total. The molecule has 9 heteroatoms. The van der Waals surface area contributed by atoms with E-state index in [1.54, 1.807) is 18.0 Å². The Bertz CT molecular complexity index is 1140. The number of nitrogens with one attached hydrogen (secondary N) is 1. The lowest BCUT2D eigenvalue weighted by Gasteiger charge is -2.13. The maximum absolute atomic E-state index is 12.8. The smallest absolute Gasteiger partial charge is 0.237 e. The monoisotopic (exact) mass is 406 g/mol. The second kappa shape index (κ2) is 8.27. The number of aromatic nitrogens is 5. The quantitative estimate of drug-likeness (QED) is 0.491. The first-order chi connectivity index (χ1) is 14.2. The van der Waals surface area contributed by atoms with Gasteiger partial charge in [0.05, 0.1) is 29.3 Å². The summed E-state index contributed by atoms with van der Waals surface area (Å²) in [5, 5.41) is 15.8. The van der Waals surface area contributed by atoms with Crippen molar-refractivity contribution in [2.24, 2.45) is 0 Å². The molecule has 2 aromatic heterocycles. The van der Waals surface area contributed by atoms with E-state index in [0.29, 0.717) is 5.16 Å². The molecule has 0 aliphatic carbocycles. The molecule has 29 heavy (non-hydrogen) atoms. The Morgan fingerprint density at radius 1 is 1.14 bits per heavy atom. The van der Waals surface area contributed by atoms with Gasteiger partial charge >= 0.3 is 0 Å². The normalized spacial score (nSPS) is 11.9. The van der Waals surface area contributed by atoms with Crippen LogP contribution in [-0.4, -0.2) is 43.5 Å². The van der Waals surface area contributed by atoms with Crippen molar-refractivity contribution in [1.82, 2.24) is 25.2 Å². The highest BCUT2D eigenvalue weighted by Crippen LogP contribution is 2.26. The second-order valence-corrected chi connectivity index (χ2v) is 7.50. The number of pyridine rings is 1. The number of carbonyl (C=O) groups excluding carboxylic acids is 1. The van der Waals surface area contributed by atoms with Gasteiger partial charge in [-0.3, -0.25) is 9.78 Å². The van der Waals surface area contributed by atoms with Crippen LogP contribution in [0, 0.1) is 0 Å². The maximum atomic E-state index is 12.8. The lowest BCUT2D eigenvalue weighted by molar-refractivity contribution is -0.115. The molecule has 0 aliphatic rings. The van der Waals surface area contributed by atoms with Crippen LogP contribution in [0.2, 0.25) is 0 Å². The molecule has 0 bridgehead atoms. The van der Waals surface area contributed by atoms with Crippen molar-refractivity contribution in [3.8, 4) is 11.4 Å². The van der Waals surface area contributed by atoms with Crippen molar-refractivity contribution in [2.45, 2.75) is 17.3 Å². The van der Waals surface area contributed by atoms with Crippen molar-refractivity contribution < 1.29 is 9.53 Å². The number of amides is 1. The summed E-state index contributed by atoms with van der Waals surface area (Å²) in [6, 6.07) is 16.8. The van der Waals surface area contributed by atoms with E-state index in [1.165, 1.54) is 11.8 Å². The minimum atomic E-state index is -0.412. The van der Waals surface area contributed by atoms with Crippen LogP contribution in [0.4, 0.5) is 5.69 Å². The highest BCUT2D eigenvalue weighted by molar-refractivity contribution is 8.00. The molecule has 0 saturated carbocycles. The van der Waals surface area contributed by atoms with Gasteiger partial charge in [-0.25, -0.2) is 0 Å². The predicted octanol–water partition coefficient (Wildman–Crippen LogP) is 3.34. The summed E-state index contributed by atoms with van der Waals surface area (Å²) < 4.78 is 6.77. The van der Waals surface area contributed by atoms with Crippen LogP contribution in [0.1, 0.15) is 6.92 Å². The Balaban J connectivity index is 1.50. The highest BCUT2D eigenvalue weighted by atomic mass is 32.2. The third-order valence-corrected chi connectivity index (χ3v) is 5.35. The van der Waals surface area contributed by atoms with Crippen LogP contribution >= 0.6 is 11.8 Å². The van der Waals surface area contributed by atoms with Crippen LogP contribution < -0.4 is 10.1 Å². The zero-order chi connectivity index (χ0) is 20.2. The van der Waals surface area contributed by atoms with E-state index in [-0.39, 0.29) is 5.91 Å². The molecule has 1 atom stereocenters. The highest BCUT2D eigenvalue weighted by Gasteiger charge is 2.20. The first-order valence-corrected chi connectivity index (χ1v) is 9.78. The molecule has 1 unspecified atom stereocenters. The standard InChI is InChI=1S/C20H18N6O2S/c1-13(19(27)22-18-7-3-6-17-16(18)5-4-12-21-17)29-20-23-24-25-26(20)14-8-10-15(28-2)11-9-14/h3-13H,1-2H3,(H,22,27). The van der Waals surface area contributed by atoms with Crippen LogP contribution in [0.15, 0.2) is 66.0 Å². The number of ether oxygens (including phenoxy) is 1. The number of carbonyl (C=O) groups is 1. The fourth-order valence-electron chi connectivity index (χ4n) is 2.80.